The molecule has 1 aliphatic heterocycles. The molecule has 1 aromatic carbocycles. The molecule has 0 radical (unpaired) electrons. The van der Waals surface area contributed by atoms with Gasteiger partial charge in [-0.1, -0.05) is 6.07 Å². The minimum atomic E-state index is 0.294. The molecule has 2 heterocycles. The third-order valence-electron chi connectivity index (χ3n) is 3.80. The first-order valence-corrected chi connectivity index (χ1v) is 7.56. The molecule has 0 amide bonds. The van der Waals surface area contributed by atoms with Gasteiger partial charge in [0, 0.05) is 25.0 Å². The Labute approximate surface area is 135 Å². The fraction of sp³-hybridized carbons (Fsp3) is 0.312. The first-order chi connectivity index (χ1) is 10.6. The maximum absolute atomic E-state index is 5.37. The van der Waals surface area contributed by atoms with Crippen LogP contribution in [0.15, 0.2) is 30.3 Å². The number of aryl methyl sites for hydroxylation is 1. The van der Waals surface area contributed by atoms with Crippen LogP contribution in [0.25, 0.3) is 0 Å². The lowest BCUT2D eigenvalue weighted by atomic mass is 10.2. The molecule has 1 aliphatic rings. The van der Waals surface area contributed by atoms with Crippen molar-refractivity contribution in [1.29, 1.82) is 0 Å². The molecule has 0 aliphatic carbocycles. The smallest absolute Gasteiger partial charge is 0.231 e. The molecule has 0 bridgehead atoms. The van der Waals surface area contributed by atoms with Crippen molar-refractivity contribution in [3.63, 3.8) is 0 Å². The van der Waals surface area contributed by atoms with E-state index in [1.165, 1.54) is 11.4 Å². The standard InChI is InChI=1S/C16H19N3O2S/c1-11-3-5-13(19(11)2)9-18-16(22)17-8-12-4-6-14-15(7-12)21-10-20-14/h3-7H,8-10H2,1-2H3,(H2,17,18,22). The zero-order valence-electron chi connectivity index (χ0n) is 12.7. The van der Waals surface area contributed by atoms with E-state index in [4.69, 9.17) is 21.7 Å². The molecule has 6 heteroatoms. The van der Waals surface area contributed by atoms with Crippen LogP contribution in [0, 0.1) is 6.92 Å². The van der Waals surface area contributed by atoms with E-state index in [-0.39, 0.29) is 0 Å². The number of fused-ring (bicyclic) bond motifs is 1. The van der Waals surface area contributed by atoms with Crippen molar-refractivity contribution in [3.05, 3.63) is 47.3 Å². The predicted octanol–water partition coefficient (Wildman–Crippen LogP) is 2.23. The zero-order chi connectivity index (χ0) is 15.5. The van der Waals surface area contributed by atoms with Crippen LogP contribution < -0.4 is 20.1 Å². The number of ether oxygens (including phenoxy) is 2. The molecular weight excluding hydrogens is 298 g/mol. The quantitative estimate of drug-likeness (QED) is 0.847. The summed E-state index contributed by atoms with van der Waals surface area (Å²) in [5.74, 6) is 1.58. The van der Waals surface area contributed by atoms with Crippen LogP contribution in [0.1, 0.15) is 17.0 Å². The largest absolute Gasteiger partial charge is 0.454 e. The summed E-state index contributed by atoms with van der Waals surface area (Å²) < 4.78 is 12.8. The number of nitrogens with zero attached hydrogens (tertiary/aromatic N) is 1. The highest BCUT2D eigenvalue weighted by Crippen LogP contribution is 2.32. The Morgan fingerprint density at radius 3 is 2.68 bits per heavy atom. The maximum Gasteiger partial charge on any atom is 0.231 e. The number of hydrogen-bond donors (Lipinski definition) is 2. The van der Waals surface area contributed by atoms with Crippen molar-refractivity contribution in [2.24, 2.45) is 7.05 Å². The summed E-state index contributed by atoms with van der Waals surface area (Å²) in [6.45, 7) is 3.73. The molecule has 0 fully saturated rings. The average Bonchev–Trinajstić information content (AvgIpc) is 3.11. The highest BCUT2D eigenvalue weighted by atomic mass is 32.1. The van der Waals surface area contributed by atoms with E-state index >= 15 is 0 Å². The summed E-state index contributed by atoms with van der Waals surface area (Å²) in [4.78, 5) is 0. The third kappa shape index (κ3) is 3.17. The SMILES string of the molecule is Cc1ccc(CNC(=S)NCc2ccc3c(c2)OCO3)n1C. The number of nitrogens with one attached hydrogen (secondary N) is 2. The Bertz CT molecular complexity index is 697. The summed E-state index contributed by atoms with van der Waals surface area (Å²) in [6, 6.07) is 10.1. The van der Waals surface area contributed by atoms with Gasteiger partial charge in [0.15, 0.2) is 16.6 Å². The number of benzene rings is 1. The molecule has 2 N–H and O–H groups in total. The Morgan fingerprint density at radius 2 is 1.91 bits per heavy atom. The Hall–Kier alpha value is -2.21. The molecule has 22 heavy (non-hydrogen) atoms. The summed E-state index contributed by atoms with van der Waals surface area (Å²) in [5.41, 5.74) is 3.53. The van der Waals surface area contributed by atoms with E-state index in [0.717, 1.165) is 17.1 Å². The van der Waals surface area contributed by atoms with Crippen molar-refractivity contribution in [1.82, 2.24) is 15.2 Å². The van der Waals surface area contributed by atoms with E-state index in [1.54, 1.807) is 0 Å². The van der Waals surface area contributed by atoms with Gasteiger partial charge in [-0.2, -0.15) is 0 Å². The van der Waals surface area contributed by atoms with Gasteiger partial charge < -0.3 is 24.7 Å². The molecule has 0 saturated heterocycles. The van der Waals surface area contributed by atoms with Gasteiger partial charge >= 0.3 is 0 Å². The Morgan fingerprint density at radius 1 is 1.14 bits per heavy atom. The minimum Gasteiger partial charge on any atom is -0.454 e. The highest BCUT2D eigenvalue weighted by Gasteiger charge is 2.13. The van der Waals surface area contributed by atoms with Crippen LogP contribution in [-0.2, 0) is 20.1 Å². The second kappa shape index (κ2) is 6.27. The second-order valence-corrected chi connectivity index (χ2v) is 5.66. The van der Waals surface area contributed by atoms with Crippen molar-refractivity contribution < 1.29 is 9.47 Å². The lowest BCUT2D eigenvalue weighted by Crippen LogP contribution is -2.34. The third-order valence-corrected chi connectivity index (χ3v) is 4.09. The van der Waals surface area contributed by atoms with Gasteiger partial charge in [0.25, 0.3) is 0 Å². The van der Waals surface area contributed by atoms with E-state index < -0.39 is 0 Å². The van der Waals surface area contributed by atoms with E-state index in [2.05, 4.69) is 41.3 Å². The monoisotopic (exact) mass is 317 g/mol. The summed E-state index contributed by atoms with van der Waals surface area (Å²) >= 11 is 5.31. The highest BCUT2D eigenvalue weighted by molar-refractivity contribution is 7.80. The first-order valence-electron chi connectivity index (χ1n) is 7.15. The van der Waals surface area contributed by atoms with Gasteiger partial charge in [-0.05, 0) is 49.0 Å². The molecule has 1 aromatic heterocycles. The molecule has 0 spiro atoms. The average molecular weight is 317 g/mol. The van der Waals surface area contributed by atoms with Gasteiger partial charge in [-0.25, -0.2) is 0 Å². The van der Waals surface area contributed by atoms with Gasteiger partial charge in [-0.3, -0.25) is 0 Å². The van der Waals surface area contributed by atoms with Crippen molar-refractivity contribution >= 4 is 17.3 Å². The van der Waals surface area contributed by atoms with Crippen LogP contribution in [0.5, 0.6) is 11.5 Å². The Balaban J connectivity index is 1.49. The van der Waals surface area contributed by atoms with Gasteiger partial charge in [0.2, 0.25) is 6.79 Å². The normalized spacial score (nSPS) is 12.3. The van der Waals surface area contributed by atoms with Crippen LogP contribution in [-0.4, -0.2) is 16.5 Å². The maximum atomic E-state index is 5.37. The number of hydrogen-bond acceptors (Lipinski definition) is 3. The van der Waals surface area contributed by atoms with Crippen molar-refractivity contribution in [3.8, 4) is 11.5 Å². The Kier molecular flexibility index (Phi) is 4.20. The topological polar surface area (TPSA) is 47.4 Å². The second-order valence-electron chi connectivity index (χ2n) is 5.25. The predicted molar refractivity (Wildman–Crippen MR) is 89.0 cm³/mol. The fourth-order valence-electron chi connectivity index (χ4n) is 2.31. The van der Waals surface area contributed by atoms with Crippen LogP contribution in [0.3, 0.4) is 0 Å². The van der Waals surface area contributed by atoms with Gasteiger partial charge in [0.1, 0.15) is 0 Å². The van der Waals surface area contributed by atoms with E-state index in [9.17, 15) is 0 Å². The molecule has 0 unspecified atom stereocenters. The fourth-order valence-corrected chi connectivity index (χ4v) is 2.46. The lowest BCUT2D eigenvalue weighted by Gasteiger charge is -2.12. The number of rotatable bonds is 4. The molecule has 116 valence electrons. The number of aromatic nitrogens is 1. The van der Waals surface area contributed by atoms with Crippen molar-refractivity contribution in [2.75, 3.05) is 6.79 Å². The van der Waals surface area contributed by atoms with Crippen LogP contribution in [0.2, 0.25) is 0 Å². The minimum absolute atomic E-state index is 0.294. The van der Waals surface area contributed by atoms with Crippen LogP contribution >= 0.6 is 12.2 Å². The number of thiocarbonyl (C=S) groups is 1. The van der Waals surface area contributed by atoms with Gasteiger partial charge in [-0.15, -0.1) is 0 Å². The first kappa shape index (κ1) is 14.7. The molecule has 0 atom stereocenters. The molecule has 5 nitrogen and oxygen atoms in total. The van der Waals surface area contributed by atoms with Gasteiger partial charge in [0.05, 0.1) is 6.54 Å². The van der Waals surface area contributed by atoms with E-state index in [0.29, 0.717) is 25.0 Å². The molecule has 3 rings (SSSR count). The summed E-state index contributed by atoms with van der Waals surface area (Å²) in [7, 11) is 2.05. The van der Waals surface area contributed by atoms with Crippen LogP contribution in [0.4, 0.5) is 0 Å². The van der Waals surface area contributed by atoms with Crippen molar-refractivity contribution in [2.45, 2.75) is 20.0 Å². The lowest BCUT2D eigenvalue weighted by molar-refractivity contribution is 0.174. The zero-order valence-corrected chi connectivity index (χ0v) is 13.5. The molecular formula is C16H19N3O2S. The van der Waals surface area contributed by atoms with E-state index in [1.807, 2.05) is 18.2 Å². The summed E-state index contributed by atoms with van der Waals surface area (Å²) in [6.07, 6.45) is 0. The summed E-state index contributed by atoms with van der Waals surface area (Å²) in [5, 5.41) is 7.06. The molecule has 2 aromatic rings. The molecule has 0 saturated carbocycles.